The van der Waals surface area contributed by atoms with E-state index < -0.39 is 0 Å². The molecule has 0 bridgehead atoms. The molecule has 1 fully saturated rings. The summed E-state index contributed by atoms with van der Waals surface area (Å²) < 4.78 is 0. The van der Waals surface area contributed by atoms with Crippen molar-refractivity contribution in [3.8, 4) is 0 Å². The number of carbonyl (C=O) groups is 1. The zero-order chi connectivity index (χ0) is 11.3. The molecule has 0 heterocycles. The van der Waals surface area contributed by atoms with E-state index >= 15 is 0 Å². The third kappa shape index (κ3) is 4.65. The summed E-state index contributed by atoms with van der Waals surface area (Å²) in [6.07, 6.45) is 5.23. The predicted molar refractivity (Wildman–Crippen MR) is 62.4 cm³/mol. The lowest BCUT2D eigenvalue weighted by Crippen LogP contribution is -2.40. The van der Waals surface area contributed by atoms with Crippen molar-refractivity contribution in [1.82, 2.24) is 5.32 Å². The molecule has 3 heteroatoms. The van der Waals surface area contributed by atoms with Crippen LogP contribution in [0.3, 0.4) is 0 Å². The van der Waals surface area contributed by atoms with Gasteiger partial charge in [0.25, 0.3) is 0 Å². The van der Waals surface area contributed by atoms with Gasteiger partial charge in [0.05, 0.1) is 0 Å². The molecule has 0 aromatic carbocycles. The zero-order valence-electron chi connectivity index (χ0n) is 9.96. The highest BCUT2D eigenvalue weighted by Crippen LogP contribution is 2.19. The van der Waals surface area contributed by atoms with Crippen LogP contribution in [-0.2, 0) is 4.79 Å². The van der Waals surface area contributed by atoms with E-state index in [-0.39, 0.29) is 5.91 Å². The second-order valence-electron chi connectivity index (χ2n) is 5.13. The summed E-state index contributed by atoms with van der Waals surface area (Å²) in [6, 6.07) is 0.454. The van der Waals surface area contributed by atoms with E-state index in [0.29, 0.717) is 30.8 Å². The molecule has 0 aromatic rings. The quantitative estimate of drug-likeness (QED) is 0.703. The van der Waals surface area contributed by atoms with Gasteiger partial charge in [-0.05, 0) is 44.1 Å². The van der Waals surface area contributed by atoms with Crippen molar-refractivity contribution in [2.45, 2.75) is 52.0 Å². The molecule has 3 N–H and O–H groups in total. The Morgan fingerprint density at radius 3 is 2.53 bits per heavy atom. The summed E-state index contributed by atoms with van der Waals surface area (Å²) >= 11 is 0. The van der Waals surface area contributed by atoms with Gasteiger partial charge in [-0.3, -0.25) is 4.79 Å². The van der Waals surface area contributed by atoms with Gasteiger partial charge in [-0.25, -0.2) is 0 Å². The van der Waals surface area contributed by atoms with E-state index in [1.807, 2.05) is 0 Å². The van der Waals surface area contributed by atoms with Gasteiger partial charge in [0.15, 0.2) is 0 Å². The minimum absolute atomic E-state index is 0.191. The maximum Gasteiger partial charge on any atom is 0.220 e. The molecule has 88 valence electrons. The van der Waals surface area contributed by atoms with Crippen LogP contribution in [0.25, 0.3) is 0 Å². The minimum Gasteiger partial charge on any atom is -0.353 e. The van der Waals surface area contributed by atoms with Gasteiger partial charge < -0.3 is 11.1 Å². The maximum absolute atomic E-state index is 11.6. The Morgan fingerprint density at radius 1 is 1.47 bits per heavy atom. The van der Waals surface area contributed by atoms with Crippen molar-refractivity contribution in [2.75, 3.05) is 6.54 Å². The Hall–Kier alpha value is -0.570. The maximum atomic E-state index is 11.6. The Balaban J connectivity index is 2.20. The molecule has 0 unspecified atom stereocenters. The Morgan fingerprint density at radius 2 is 2.13 bits per heavy atom. The average Bonchev–Trinajstić information content (AvgIpc) is 2.09. The topological polar surface area (TPSA) is 55.1 Å². The number of nitrogens with two attached hydrogens (primary N) is 1. The SMILES string of the molecule is CC(C)C[C@H](CN)CC(=O)NC1CCC1. The fourth-order valence-electron chi connectivity index (χ4n) is 2.03. The number of hydrogen-bond donors (Lipinski definition) is 2. The number of nitrogens with one attached hydrogen (secondary N) is 1. The summed E-state index contributed by atoms with van der Waals surface area (Å²) in [4.78, 5) is 11.6. The molecule has 0 radical (unpaired) electrons. The Bertz CT molecular complexity index is 200. The Labute approximate surface area is 92.8 Å². The van der Waals surface area contributed by atoms with Crippen molar-refractivity contribution in [3.05, 3.63) is 0 Å². The van der Waals surface area contributed by atoms with Crippen molar-refractivity contribution in [1.29, 1.82) is 0 Å². The van der Waals surface area contributed by atoms with Gasteiger partial charge >= 0.3 is 0 Å². The van der Waals surface area contributed by atoms with Crippen molar-refractivity contribution >= 4 is 5.91 Å². The second-order valence-corrected chi connectivity index (χ2v) is 5.13. The van der Waals surface area contributed by atoms with Gasteiger partial charge in [0.1, 0.15) is 0 Å². The first-order valence-electron chi connectivity index (χ1n) is 6.11. The van der Waals surface area contributed by atoms with E-state index in [0.717, 1.165) is 19.3 Å². The number of rotatable bonds is 6. The lowest BCUT2D eigenvalue weighted by atomic mass is 9.91. The molecule has 0 aliphatic heterocycles. The monoisotopic (exact) mass is 212 g/mol. The van der Waals surface area contributed by atoms with E-state index in [1.165, 1.54) is 6.42 Å². The lowest BCUT2D eigenvalue weighted by molar-refractivity contribution is -0.123. The van der Waals surface area contributed by atoms with Crippen LogP contribution in [-0.4, -0.2) is 18.5 Å². The molecular formula is C12H24N2O. The second kappa shape index (κ2) is 6.11. The normalized spacial score (nSPS) is 18.7. The van der Waals surface area contributed by atoms with Crippen LogP contribution in [0, 0.1) is 11.8 Å². The van der Waals surface area contributed by atoms with Gasteiger partial charge in [-0.2, -0.15) is 0 Å². The van der Waals surface area contributed by atoms with Crippen LogP contribution in [0.5, 0.6) is 0 Å². The Kier molecular flexibility index (Phi) is 5.09. The van der Waals surface area contributed by atoms with Crippen molar-refractivity contribution < 1.29 is 4.79 Å². The number of amides is 1. The summed E-state index contributed by atoms with van der Waals surface area (Å²) in [5.74, 6) is 1.16. The molecule has 1 aliphatic carbocycles. The van der Waals surface area contributed by atoms with Crippen LogP contribution in [0.1, 0.15) is 46.0 Å². The molecule has 0 saturated heterocycles. The first-order chi connectivity index (χ1) is 7.11. The highest BCUT2D eigenvalue weighted by Gasteiger charge is 2.21. The van der Waals surface area contributed by atoms with E-state index in [2.05, 4.69) is 19.2 Å². The lowest BCUT2D eigenvalue weighted by Gasteiger charge is -2.27. The molecule has 15 heavy (non-hydrogen) atoms. The van der Waals surface area contributed by atoms with Crippen LogP contribution in [0.2, 0.25) is 0 Å². The summed E-state index contributed by atoms with van der Waals surface area (Å²) in [6.45, 7) is 4.97. The minimum atomic E-state index is 0.191. The van der Waals surface area contributed by atoms with Crippen LogP contribution in [0.15, 0.2) is 0 Å². The molecule has 1 amide bonds. The fraction of sp³-hybridized carbons (Fsp3) is 0.917. The number of hydrogen-bond acceptors (Lipinski definition) is 2. The first kappa shape index (κ1) is 12.5. The van der Waals surface area contributed by atoms with Crippen molar-refractivity contribution in [2.24, 2.45) is 17.6 Å². The van der Waals surface area contributed by atoms with Gasteiger partial charge in [-0.15, -0.1) is 0 Å². The average molecular weight is 212 g/mol. The third-order valence-corrected chi connectivity index (χ3v) is 3.08. The molecule has 1 rings (SSSR count). The highest BCUT2D eigenvalue weighted by molar-refractivity contribution is 5.76. The van der Waals surface area contributed by atoms with Crippen LogP contribution < -0.4 is 11.1 Å². The smallest absolute Gasteiger partial charge is 0.220 e. The molecule has 0 aromatic heterocycles. The van der Waals surface area contributed by atoms with Gasteiger partial charge in [0, 0.05) is 12.5 Å². The standard InChI is InChI=1S/C12H24N2O/c1-9(2)6-10(8-13)7-12(15)14-11-4-3-5-11/h9-11H,3-8,13H2,1-2H3,(H,14,15)/t10-/m0/s1. The first-order valence-corrected chi connectivity index (χ1v) is 6.11. The predicted octanol–water partition coefficient (Wildman–Crippen LogP) is 1.67. The van der Waals surface area contributed by atoms with E-state index in [9.17, 15) is 4.79 Å². The number of carbonyl (C=O) groups excluding carboxylic acids is 1. The van der Waals surface area contributed by atoms with E-state index in [1.54, 1.807) is 0 Å². The molecule has 1 saturated carbocycles. The third-order valence-electron chi connectivity index (χ3n) is 3.08. The largest absolute Gasteiger partial charge is 0.353 e. The zero-order valence-corrected chi connectivity index (χ0v) is 9.96. The fourth-order valence-corrected chi connectivity index (χ4v) is 2.03. The molecule has 0 spiro atoms. The molecule has 3 nitrogen and oxygen atoms in total. The van der Waals surface area contributed by atoms with Crippen LogP contribution in [0.4, 0.5) is 0 Å². The van der Waals surface area contributed by atoms with Gasteiger partial charge in [-0.1, -0.05) is 13.8 Å². The van der Waals surface area contributed by atoms with E-state index in [4.69, 9.17) is 5.73 Å². The molecule has 1 atom stereocenters. The summed E-state index contributed by atoms with van der Waals surface area (Å²) in [7, 11) is 0. The van der Waals surface area contributed by atoms with Crippen LogP contribution >= 0.6 is 0 Å². The van der Waals surface area contributed by atoms with Gasteiger partial charge in [0.2, 0.25) is 5.91 Å². The highest BCUT2D eigenvalue weighted by atomic mass is 16.1. The molecule has 1 aliphatic rings. The summed E-state index contributed by atoms with van der Waals surface area (Å²) in [5, 5.41) is 3.06. The molecular weight excluding hydrogens is 188 g/mol. The summed E-state index contributed by atoms with van der Waals surface area (Å²) in [5.41, 5.74) is 5.67. The van der Waals surface area contributed by atoms with Crippen molar-refractivity contribution in [3.63, 3.8) is 0 Å².